The maximum Gasteiger partial charge on any atom is 0.254 e. The van der Waals surface area contributed by atoms with Crippen molar-refractivity contribution < 1.29 is 14.4 Å². The van der Waals surface area contributed by atoms with E-state index in [4.69, 9.17) is 11.6 Å². The van der Waals surface area contributed by atoms with E-state index in [1.807, 2.05) is 52.8 Å². The molecule has 1 unspecified atom stereocenters. The largest absolute Gasteiger partial charge is 0.342 e. The molecule has 34 heavy (non-hydrogen) atoms. The molecule has 1 atom stereocenters. The van der Waals surface area contributed by atoms with Gasteiger partial charge in [-0.15, -0.1) is 0 Å². The molecule has 3 heterocycles. The van der Waals surface area contributed by atoms with Crippen LogP contribution in [0, 0.1) is 0 Å². The van der Waals surface area contributed by atoms with Crippen molar-refractivity contribution >= 4 is 29.3 Å². The second-order valence-electron chi connectivity index (χ2n) is 9.87. The van der Waals surface area contributed by atoms with Crippen molar-refractivity contribution in [1.82, 2.24) is 14.7 Å². The first-order chi connectivity index (χ1) is 16.3. The molecule has 178 valence electrons. The van der Waals surface area contributed by atoms with Crippen LogP contribution >= 0.6 is 11.6 Å². The van der Waals surface area contributed by atoms with Crippen molar-refractivity contribution in [2.24, 2.45) is 0 Å². The molecular formula is C27H30ClN3O3. The highest BCUT2D eigenvalue weighted by Crippen LogP contribution is 2.49. The molecule has 2 fully saturated rings. The average molecular weight is 480 g/mol. The molecular weight excluding hydrogens is 450 g/mol. The number of amides is 3. The third-order valence-electron chi connectivity index (χ3n) is 7.68. The van der Waals surface area contributed by atoms with Crippen LogP contribution in [0.4, 0.5) is 0 Å². The molecule has 0 aliphatic carbocycles. The number of hydrogen-bond acceptors (Lipinski definition) is 3. The van der Waals surface area contributed by atoms with Gasteiger partial charge in [-0.3, -0.25) is 14.4 Å². The number of fused-ring (bicyclic) bond motifs is 1. The molecule has 1 spiro atoms. The third kappa shape index (κ3) is 3.59. The highest BCUT2D eigenvalue weighted by atomic mass is 35.5. The van der Waals surface area contributed by atoms with E-state index in [9.17, 15) is 14.4 Å². The van der Waals surface area contributed by atoms with Crippen LogP contribution in [0.5, 0.6) is 0 Å². The molecule has 2 saturated heterocycles. The standard InChI is InChI=1S/C27H30ClN3O3/c1-18(2)31-25(33)22-7-4-3-6-21(22)23(26(34)29-14-5-15-29)27(31)12-16-30(17-13-27)24(32)19-8-10-20(28)11-9-19/h3-4,6-11,18,23H,5,12-17H2,1-2H3. The number of halogens is 1. The van der Waals surface area contributed by atoms with Crippen molar-refractivity contribution in [1.29, 1.82) is 0 Å². The van der Waals surface area contributed by atoms with Crippen molar-refractivity contribution in [2.75, 3.05) is 26.2 Å². The fourth-order valence-electron chi connectivity index (χ4n) is 5.94. The summed E-state index contributed by atoms with van der Waals surface area (Å²) in [6.07, 6.45) is 2.15. The Morgan fingerprint density at radius 3 is 2.18 bits per heavy atom. The predicted octanol–water partition coefficient (Wildman–Crippen LogP) is 4.20. The predicted molar refractivity (Wildman–Crippen MR) is 131 cm³/mol. The van der Waals surface area contributed by atoms with Crippen molar-refractivity contribution in [2.45, 2.75) is 50.6 Å². The number of benzene rings is 2. The molecule has 0 N–H and O–H groups in total. The second-order valence-corrected chi connectivity index (χ2v) is 10.3. The Hall–Kier alpha value is -2.86. The van der Waals surface area contributed by atoms with Gasteiger partial charge in [-0.2, -0.15) is 0 Å². The average Bonchev–Trinajstić information content (AvgIpc) is 2.78. The van der Waals surface area contributed by atoms with E-state index < -0.39 is 11.5 Å². The van der Waals surface area contributed by atoms with Crippen molar-refractivity contribution in [3.8, 4) is 0 Å². The van der Waals surface area contributed by atoms with E-state index in [0.717, 1.165) is 25.1 Å². The quantitative estimate of drug-likeness (QED) is 0.663. The summed E-state index contributed by atoms with van der Waals surface area (Å²) < 4.78 is 0. The van der Waals surface area contributed by atoms with Crippen LogP contribution in [-0.2, 0) is 4.79 Å². The molecule has 0 aromatic heterocycles. The van der Waals surface area contributed by atoms with Gasteiger partial charge in [-0.05, 0) is 69.0 Å². The summed E-state index contributed by atoms with van der Waals surface area (Å²) in [4.78, 5) is 46.5. The number of carbonyl (C=O) groups is 3. The fraction of sp³-hybridized carbons (Fsp3) is 0.444. The van der Waals surface area contributed by atoms with Gasteiger partial charge in [-0.1, -0.05) is 29.8 Å². The molecule has 0 radical (unpaired) electrons. The second kappa shape index (κ2) is 8.73. The SMILES string of the molecule is CC(C)N1C(=O)c2ccccc2C(C(=O)N2CCC2)C12CCN(C(=O)c1ccc(Cl)cc1)CC2. The Balaban J connectivity index is 1.52. The first-order valence-corrected chi connectivity index (χ1v) is 12.5. The fourth-order valence-corrected chi connectivity index (χ4v) is 6.06. The number of likely N-dealkylation sites (tertiary alicyclic amines) is 2. The minimum absolute atomic E-state index is 0.0178. The summed E-state index contributed by atoms with van der Waals surface area (Å²) in [6.45, 7) is 6.55. The highest BCUT2D eigenvalue weighted by Gasteiger charge is 2.57. The lowest BCUT2D eigenvalue weighted by atomic mass is 9.66. The zero-order chi connectivity index (χ0) is 24.0. The van der Waals surface area contributed by atoms with E-state index in [1.165, 1.54) is 0 Å². The topological polar surface area (TPSA) is 60.9 Å². The molecule has 7 heteroatoms. The highest BCUT2D eigenvalue weighted by molar-refractivity contribution is 6.30. The Morgan fingerprint density at radius 2 is 1.59 bits per heavy atom. The van der Waals surface area contributed by atoms with E-state index >= 15 is 0 Å². The van der Waals surface area contributed by atoms with E-state index in [-0.39, 0.29) is 23.8 Å². The number of nitrogens with zero attached hydrogens (tertiary/aromatic N) is 3. The van der Waals surface area contributed by atoms with E-state index in [2.05, 4.69) is 0 Å². The Morgan fingerprint density at radius 1 is 0.941 bits per heavy atom. The molecule has 2 aromatic carbocycles. The van der Waals surface area contributed by atoms with Crippen LogP contribution in [0.1, 0.15) is 65.3 Å². The molecule has 3 amide bonds. The van der Waals surface area contributed by atoms with Gasteiger partial charge in [0, 0.05) is 48.4 Å². The van der Waals surface area contributed by atoms with Crippen LogP contribution in [-0.4, -0.2) is 70.2 Å². The lowest BCUT2D eigenvalue weighted by Gasteiger charge is -2.57. The van der Waals surface area contributed by atoms with Gasteiger partial charge in [0.05, 0.1) is 11.5 Å². The van der Waals surface area contributed by atoms with Gasteiger partial charge < -0.3 is 14.7 Å². The van der Waals surface area contributed by atoms with Crippen LogP contribution in [0.3, 0.4) is 0 Å². The first kappa shape index (κ1) is 22.9. The Bertz CT molecular complexity index is 1120. The van der Waals surface area contributed by atoms with E-state index in [0.29, 0.717) is 42.1 Å². The molecule has 5 rings (SSSR count). The van der Waals surface area contributed by atoms with Crippen LogP contribution in [0.15, 0.2) is 48.5 Å². The van der Waals surface area contributed by atoms with Crippen LogP contribution in [0.2, 0.25) is 5.02 Å². The van der Waals surface area contributed by atoms with Crippen molar-refractivity contribution in [3.05, 3.63) is 70.2 Å². The van der Waals surface area contributed by atoms with Gasteiger partial charge in [0.1, 0.15) is 0 Å². The zero-order valence-corrected chi connectivity index (χ0v) is 20.4. The summed E-state index contributed by atoms with van der Waals surface area (Å²) in [7, 11) is 0. The lowest BCUT2D eigenvalue weighted by Crippen LogP contribution is -2.68. The maximum atomic E-state index is 13.9. The number of carbonyl (C=O) groups excluding carboxylic acids is 3. The Labute approximate surface area is 205 Å². The molecule has 0 saturated carbocycles. The summed E-state index contributed by atoms with van der Waals surface area (Å²) in [6, 6.07) is 14.4. The normalized spacial score (nSPS) is 21.5. The monoisotopic (exact) mass is 479 g/mol. The molecule has 2 aromatic rings. The minimum atomic E-state index is -0.650. The molecule has 6 nitrogen and oxygen atoms in total. The molecule has 0 bridgehead atoms. The minimum Gasteiger partial charge on any atom is -0.342 e. The lowest BCUT2D eigenvalue weighted by molar-refractivity contribution is -0.142. The Kier molecular flexibility index (Phi) is 5.88. The van der Waals surface area contributed by atoms with Crippen LogP contribution < -0.4 is 0 Å². The van der Waals surface area contributed by atoms with Gasteiger partial charge in [0.25, 0.3) is 11.8 Å². The summed E-state index contributed by atoms with van der Waals surface area (Å²) in [5.74, 6) is -0.377. The van der Waals surface area contributed by atoms with Gasteiger partial charge in [0.15, 0.2) is 0 Å². The molecule has 3 aliphatic heterocycles. The smallest absolute Gasteiger partial charge is 0.254 e. The van der Waals surface area contributed by atoms with Gasteiger partial charge in [0.2, 0.25) is 5.91 Å². The molecule has 3 aliphatic rings. The van der Waals surface area contributed by atoms with Gasteiger partial charge >= 0.3 is 0 Å². The zero-order valence-electron chi connectivity index (χ0n) is 19.7. The van der Waals surface area contributed by atoms with E-state index in [1.54, 1.807) is 24.3 Å². The maximum absolute atomic E-state index is 13.9. The van der Waals surface area contributed by atoms with Gasteiger partial charge in [-0.25, -0.2) is 0 Å². The summed E-state index contributed by atoms with van der Waals surface area (Å²) >= 11 is 5.99. The summed E-state index contributed by atoms with van der Waals surface area (Å²) in [5, 5.41) is 0.591. The third-order valence-corrected chi connectivity index (χ3v) is 7.93. The first-order valence-electron chi connectivity index (χ1n) is 12.1. The number of rotatable bonds is 3. The van der Waals surface area contributed by atoms with Crippen molar-refractivity contribution in [3.63, 3.8) is 0 Å². The summed E-state index contributed by atoms with van der Waals surface area (Å²) in [5.41, 5.74) is 1.40. The number of piperidine rings is 1. The number of hydrogen-bond donors (Lipinski definition) is 0. The van der Waals surface area contributed by atoms with Crippen LogP contribution in [0.25, 0.3) is 0 Å².